The van der Waals surface area contributed by atoms with Crippen molar-refractivity contribution in [1.82, 2.24) is 0 Å². The SMILES string of the molecule is N#CCC1(COc2ccc(CBr)cc2)CC1. The minimum absolute atomic E-state index is 0.156. The Morgan fingerprint density at radius 1 is 1.31 bits per heavy atom. The number of benzene rings is 1. The topological polar surface area (TPSA) is 33.0 Å². The summed E-state index contributed by atoms with van der Waals surface area (Å²) in [7, 11) is 0. The average Bonchev–Trinajstić information content (AvgIpc) is 3.08. The molecule has 0 saturated heterocycles. The van der Waals surface area contributed by atoms with E-state index in [2.05, 4.69) is 22.0 Å². The van der Waals surface area contributed by atoms with E-state index < -0.39 is 0 Å². The van der Waals surface area contributed by atoms with E-state index in [1.54, 1.807) is 0 Å². The Balaban J connectivity index is 1.88. The normalized spacial score (nSPS) is 16.5. The number of rotatable bonds is 5. The maximum absolute atomic E-state index is 8.70. The summed E-state index contributed by atoms with van der Waals surface area (Å²) in [6.45, 7) is 0.675. The minimum atomic E-state index is 0.156. The molecule has 0 atom stereocenters. The smallest absolute Gasteiger partial charge is 0.119 e. The molecule has 3 heteroatoms. The van der Waals surface area contributed by atoms with Crippen LogP contribution in [0, 0.1) is 16.7 Å². The molecular weight excluding hydrogens is 266 g/mol. The van der Waals surface area contributed by atoms with Gasteiger partial charge in [0.05, 0.1) is 12.7 Å². The average molecular weight is 280 g/mol. The monoisotopic (exact) mass is 279 g/mol. The Morgan fingerprint density at radius 2 is 2.00 bits per heavy atom. The number of ether oxygens (including phenoxy) is 1. The van der Waals surface area contributed by atoms with Gasteiger partial charge in [0.2, 0.25) is 0 Å². The second kappa shape index (κ2) is 4.88. The fraction of sp³-hybridized carbons (Fsp3) is 0.462. The largest absolute Gasteiger partial charge is 0.493 e. The zero-order valence-electron chi connectivity index (χ0n) is 9.08. The summed E-state index contributed by atoms with van der Waals surface area (Å²) in [5, 5.41) is 9.56. The molecule has 1 fully saturated rings. The molecule has 0 heterocycles. The van der Waals surface area contributed by atoms with Crippen molar-refractivity contribution in [2.75, 3.05) is 6.61 Å². The minimum Gasteiger partial charge on any atom is -0.493 e. The summed E-state index contributed by atoms with van der Waals surface area (Å²) in [6, 6.07) is 10.3. The number of nitriles is 1. The standard InChI is InChI=1S/C13H14BrNO/c14-9-11-1-3-12(4-2-11)16-10-13(5-6-13)7-8-15/h1-4H,5-7,9-10H2. The Labute approximate surface area is 104 Å². The van der Waals surface area contributed by atoms with Crippen LogP contribution in [0.25, 0.3) is 0 Å². The van der Waals surface area contributed by atoms with Crippen LogP contribution in [-0.2, 0) is 5.33 Å². The van der Waals surface area contributed by atoms with Crippen LogP contribution in [-0.4, -0.2) is 6.61 Å². The number of hydrogen-bond donors (Lipinski definition) is 0. The molecule has 2 rings (SSSR count). The van der Waals surface area contributed by atoms with Crippen LogP contribution < -0.4 is 4.74 Å². The van der Waals surface area contributed by atoms with Crippen molar-refractivity contribution < 1.29 is 4.74 Å². The van der Waals surface area contributed by atoms with Gasteiger partial charge in [0, 0.05) is 17.2 Å². The summed E-state index contributed by atoms with van der Waals surface area (Å²) in [5.74, 6) is 0.897. The van der Waals surface area contributed by atoms with E-state index in [1.807, 2.05) is 24.3 Å². The molecule has 1 saturated carbocycles. The van der Waals surface area contributed by atoms with Gasteiger partial charge in [-0.1, -0.05) is 28.1 Å². The van der Waals surface area contributed by atoms with Crippen LogP contribution in [0.1, 0.15) is 24.8 Å². The van der Waals surface area contributed by atoms with Crippen molar-refractivity contribution in [2.45, 2.75) is 24.6 Å². The fourth-order valence-corrected chi connectivity index (χ4v) is 2.00. The van der Waals surface area contributed by atoms with E-state index in [1.165, 1.54) is 5.56 Å². The summed E-state index contributed by atoms with van der Waals surface area (Å²) >= 11 is 3.41. The van der Waals surface area contributed by atoms with Crippen molar-refractivity contribution >= 4 is 15.9 Å². The van der Waals surface area contributed by atoms with Gasteiger partial charge in [0.25, 0.3) is 0 Å². The molecule has 0 spiro atoms. The summed E-state index contributed by atoms with van der Waals surface area (Å²) in [4.78, 5) is 0. The zero-order chi connectivity index (χ0) is 11.4. The second-order valence-corrected chi connectivity index (χ2v) is 4.96. The summed E-state index contributed by atoms with van der Waals surface area (Å²) in [5.41, 5.74) is 1.40. The fourth-order valence-electron chi connectivity index (χ4n) is 1.63. The first kappa shape index (κ1) is 11.5. The van der Waals surface area contributed by atoms with Crippen molar-refractivity contribution in [3.05, 3.63) is 29.8 Å². The lowest BCUT2D eigenvalue weighted by Gasteiger charge is -2.12. The predicted molar refractivity (Wildman–Crippen MR) is 66.5 cm³/mol. The molecule has 2 nitrogen and oxygen atoms in total. The van der Waals surface area contributed by atoms with E-state index in [9.17, 15) is 0 Å². The Kier molecular flexibility index (Phi) is 3.50. The third kappa shape index (κ3) is 2.76. The van der Waals surface area contributed by atoms with Crippen molar-refractivity contribution in [2.24, 2.45) is 5.41 Å². The Bertz CT molecular complexity index is 389. The van der Waals surface area contributed by atoms with Gasteiger partial charge in [0.1, 0.15) is 5.75 Å². The van der Waals surface area contributed by atoms with Crippen molar-refractivity contribution in [3.63, 3.8) is 0 Å². The number of nitrogens with zero attached hydrogens (tertiary/aromatic N) is 1. The lowest BCUT2D eigenvalue weighted by atomic mass is 10.1. The number of alkyl halides is 1. The molecular formula is C13H14BrNO. The van der Waals surface area contributed by atoms with Crippen molar-refractivity contribution in [3.8, 4) is 11.8 Å². The van der Waals surface area contributed by atoms with E-state index in [0.29, 0.717) is 13.0 Å². The highest BCUT2D eigenvalue weighted by Crippen LogP contribution is 2.48. The maximum Gasteiger partial charge on any atom is 0.119 e. The molecule has 0 N–H and O–H groups in total. The maximum atomic E-state index is 8.70. The Hall–Kier alpha value is -1.01. The molecule has 0 bridgehead atoms. The van der Waals surface area contributed by atoms with Gasteiger partial charge in [0.15, 0.2) is 0 Å². The molecule has 0 aliphatic heterocycles. The van der Waals surface area contributed by atoms with Crippen LogP contribution in [0.15, 0.2) is 24.3 Å². The van der Waals surface area contributed by atoms with Crippen LogP contribution in [0.2, 0.25) is 0 Å². The molecule has 0 unspecified atom stereocenters. The zero-order valence-corrected chi connectivity index (χ0v) is 10.7. The molecule has 1 aromatic carbocycles. The highest BCUT2D eigenvalue weighted by atomic mass is 79.9. The third-order valence-electron chi connectivity index (χ3n) is 3.03. The summed E-state index contributed by atoms with van der Waals surface area (Å²) < 4.78 is 5.72. The van der Waals surface area contributed by atoms with Gasteiger partial charge >= 0.3 is 0 Å². The predicted octanol–water partition coefficient (Wildman–Crippen LogP) is 3.65. The highest BCUT2D eigenvalue weighted by Gasteiger charge is 2.43. The lowest BCUT2D eigenvalue weighted by Crippen LogP contribution is -2.12. The Morgan fingerprint density at radius 3 is 2.50 bits per heavy atom. The van der Waals surface area contributed by atoms with Crippen LogP contribution in [0.5, 0.6) is 5.75 Å². The van der Waals surface area contributed by atoms with Gasteiger partial charge in [-0.3, -0.25) is 0 Å². The van der Waals surface area contributed by atoms with E-state index in [-0.39, 0.29) is 5.41 Å². The van der Waals surface area contributed by atoms with Gasteiger partial charge in [-0.25, -0.2) is 0 Å². The molecule has 0 radical (unpaired) electrons. The van der Waals surface area contributed by atoms with E-state index in [0.717, 1.165) is 23.9 Å². The highest BCUT2D eigenvalue weighted by molar-refractivity contribution is 9.08. The first-order valence-electron chi connectivity index (χ1n) is 5.43. The second-order valence-electron chi connectivity index (χ2n) is 4.40. The molecule has 1 aromatic rings. The van der Waals surface area contributed by atoms with Crippen molar-refractivity contribution in [1.29, 1.82) is 5.26 Å². The van der Waals surface area contributed by atoms with Gasteiger partial charge < -0.3 is 4.74 Å². The quantitative estimate of drug-likeness (QED) is 0.771. The molecule has 0 amide bonds. The van der Waals surface area contributed by atoms with Crippen LogP contribution in [0.3, 0.4) is 0 Å². The number of hydrogen-bond acceptors (Lipinski definition) is 2. The first-order chi connectivity index (χ1) is 7.78. The van der Waals surface area contributed by atoms with Gasteiger partial charge in [-0.15, -0.1) is 0 Å². The molecule has 1 aliphatic rings. The summed E-state index contributed by atoms with van der Waals surface area (Å²) in [6.07, 6.45) is 2.87. The number of halogens is 1. The van der Waals surface area contributed by atoms with E-state index in [4.69, 9.17) is 10.00 Å². The van der Waals surface area contributed by atoms with Gasteiger partial charge in [-0.2, -0.15) is 5.26 Å². The molecule has 16 heavy (non-hydrogen) atoms. The van der Waals surface area contributed by atoms with Crippen LogP contribution >= 0.6 is 15.9 Å². The molecule has 0 aromatic heterocycles. The molecule has 84 valence electrons. The molecule has 1 aliphatic carbocycles. The first-order valence-corrected chi connectivity index (χ1v) is 6.55. The lowest BCUT2D eigenvalue weighted by molar-refractivity contribution is 0.237. The van der Waals surface area contributed by atoms with Crippen LogP contribution in [0.4, 0.5) is 0 Å². The van der Waals surface area contributed by atoms with E-state index >= 15 is 0 Å². The van der Waals surface area contributed by atoms with Gasteiger partial charge in [-0.05, 0) is 30.5 Å². The third-order valence-corrected chi connectivity index (χ3v) is 3.68.